The van der Waals surface area contributed by atoms with Crippen molar-refractivity contribution in [2.45, 2.75) is 31.4 Å². The normalized spacial score (nSPS) is 15.1. The summed E-state index contributed by atoms with van der Waals surface area (Å²) < 4.78 is 10.9. The average molecular weight is 398 g/mol. The van der Waals surface area contributed by atoms with Crippen LogP contribution in [0.3, 0.4) is 0 Å². The number of rotatable bonds is 6. The number of benzene rings is 1. The number of carbonyl (C=O) groups is 1. The Balaban J connectivity index is 1.24. The minimum Gasteiger partial charge on any atom is -0.469 e. The smallest absolute Gasteiger partial charge is 0.277 e. The summed E-state index contributed by atoms with van der Waals surface area (Å²) in [6.45, 7) is 3.48. The van der Waals surface area contributed by atoms with Crippen LogP contribution >= 0.6 is 11.8 Å². The number of furan rings is 1. The van der Waals surface area contributed by atoms with Crippen LogP contribution in [-0.4, -0.2) is 39.8 Å². The van der Waals surface area contributed by atoms with Crippen LogP contribution in [0.25, 0.3) is 11.5 Å². The van der Waals surface area contributed by atoms with Crippen molar-refractivity contribution in [2.75, 3.05) is 18.8 Å². The van der Waals surface area contributed by atoms with Gasteiger partial charge < -0.3 is 13.7 Å². The highest BCUT2D eigenvalue weighted by molar-refractivity contribution is 7.99. The maximum Gasteiger partial charge on any atom is 0.277 e. The Morgan fingerprint density at radius 1 is 1.18 bits per heavy atom. The second-order valence-corrected chi connectivity index (χ2v) is 7.99. The van der Waals surface area contributed by atoms with Crippen LogP contribution in [0.4, 0.5) is 0 Å². The van der Waals surface area contributed by atoms with Crippen LogP contribution in [0.2, 0.25) is 0 Å². The van der Waals surface area contributed by atoms with Gasteiger partial charge in [-0.25, -0.2) is 0 Å². The van der Waals surface area contributed by atoms with Gasteiger partial charge in [-0.2, -0.15) is 0 Å². The largest absolute Gasteiger partial charge is 0.469 e. The molecular weight excluding hydrogens is 374 g/mol. The first-order valence-corrected chi connectivity index (χ1v) is 10.5. The fraction of sp³-hybridized carbons (Fsp3) is 0.381. The van der Waals surface area contributed by atoms with Gasteiger partial charge in [-0.1, -0.05) is 42.1 Å². The molecule has 1 aliphatic heterocycles. The minimum absolute atomic E-state index is 0.127. The lowest BCUT2D eigenvalue weighted by atomic mass is 9.90. The van der Waals surface area contributed by atoms with E-state index >= 15 is 0 Å². The van der Waals surface area contributed by atoms with Gasteiger partial charge in [0.05, 0.1) is 17.6 Å². The van der Waals surface area contributed by atoms with Crippen LogP contribution in [0.15, 0.2) is 56.7 Å². The quantitative estimate of drug-likeness (QED) is 0.580. The Morgan fingerprint density at radius 2 is 1.96 bits per heavy atom. The number of aryl methyl sites for hydroxylation is 1. The molecule has 0 unspecified atom stereocenters. The number of aromatic nitrogens is 2. The van der Waals surface area contributed by atoms with Gasteiger partial charge in [0.15, 0.2) is 0 Å². The molecule has 0 aliphatic carbocycles. The minimum atomic E-state index is 0.127. The van der Waals surface area contributed by atoms with E-state index in [2.05, 4.69) is 34.5 Å². The third-order valence-corrected chi connectivity index (χ3v) is 5.95. The van der Waals surface area contributed by atoms with Gasteiger partial charge in [-0.3, -0.25) is 4.79 Å². The third-order valence-electron chi connectivity index (χ3n) is 5.15. The zero-order chi connectivity index (χ0) is 19.3. The number of piperidine rings is 1. The van der Waals surface area contributed by atoms with E-state index in [4.69, 9.17) is 8.83 Å². The van der Waals surface area contributed by atoms with Crippen molar-refractivity contribution in [3.63, 3.8) is 0 Å². The zero-order valence-electron chi connectivity index (χ0n) is 15.8. The molecule has 4 rings (SSSR count). The van der Waals surface area contributed by atoms with E-state index < -0.39 is 0 Å². The molecule has 0 atom stereocenters. The Bertz CT molecular complexity index is 914. The van der Waals surface area contributed by atoms with Crippen LogP contribution in [0.5, 0.6) is 0 Å². The second kappa shape index (κ2) is 8.65. The van der Waals surface area contributed by atoms with Crippen LogP contribution < -0.4 is 0 Å². The molecule has 0 N–H and O–H groups in total. The number of hydrogen-bond donors (Lipinski definition) is 0. The Labute approximate surface area is 168 Å². The lowest BCUT2D eigenvalue weighted by Gasteiger charge is -2.32. The lowest BCUT2D eigenvalue weighted by molar-refractivity contribution is -0.129. The summed E-state index contributed by atoms with van der Waals surface area (Å²) in [7, 11) is 0. The number of likely N-dealkylation sites (tertiary alicyclic amines) is 1. The van der Waals surface area contributed by atoms with Gasteiger partial charge in [0.2, 0.25) is 5.91 Å². The van der Waals surface area contributed by atoms with E-state index in [1.54, 1.807) is 12.3 Å². The van der Waals surface area contributed by atoms with Crippen molar-refractivity contribution in [1.82, 2.24) is 15.1 Å². The molecular formula is C21H23N3O3S. The molecule has 0 spiro atoms. The van der Waals surface area contributed by atoms with E-state index in [0.29, 0.717) is 22.8 Å². The number of nitrogens with zero attached hydrogens (tertiary/aromatic N) is 3. The highest BCUT2D eigenvalue weighted by Gasteiger charge is 2.23. The summed E-state index contributed by atoms with van der Waals surface area (Å²) in [6.07, 6.45) is 4.79. The molecule has 1 aromatic carbocycles. The summed E-state index contributed by atoms with van der Waals surface area (Å²) in [6, 6.07) is 12.4. The van der Waals surface area contributed by atoms with E-state index in [0.717, 1.165) is 43.7 Å². The van der Waals surface area contributed by atoms with Crippen molar-refractivity contribution in [3.8, 4) is 11.5 Å². The molecule has 146 valence electrons. The zero-order valence-corrected chi connectivity index (χ0v) is 16.7. The molecule has 28 heavy (non-hydrogen) atoms. The SMILES string of the molecule is Cc1occc1-c1nnc(SCC(=O)N2CCC(Cc3ccccc3)CC2)o1. The molecule has 1 aliphatic rings. The lowest BCUT2D eigenvalue weighted by Crippen LogP contribution is -2.39. The molecule has 6 nitrogen and oxygen atoms in total. The van der Waals surface area contributed by atoms with Crippen LogP contribution in [0, 0.1) is 12.8 Å². The fourth-order valence-corrected chi connectivity index (χ4v) is 4.20. The standard InChI is InChI=1S/C21H23N3O3S/c1-15-18(9-12-26-15)20-22-23-21(27-20)28-14-19(25)24-10-7-17(8-11-24)13-16-5-3-2-4-6-16/h2-6,9,12,17H,7-8,10-11,13-14H2,1H3. The van der Waals surface area contributed by atoms with Gasteiger partial charge in [0.1, 0.15) is 5.76 Å². The van der Waals surface area contributed by atoms with Crippen LogP contribution in [0.1, 0.15) is 24.2 Å². The molecule has 2 aromatic heterocycles. The van der Waals surface area contributed by atoms with E-state index in [1.165, 1.54) is 17.3 Å². The monoisotopic (exact) mass is 397 g/mol. The van der Waals surface area contributed by atoms with Gasteiger partial charge >= 0.3 is 0 Å². The average Bonchev–Trinajstić information content (AvgIpc) is 3.36. The van der Waals surface area contributed by atoms with Gasteiger partial charge in [-0.05, 0) is 43.7 Å². The Kier molecular flexibility index (Phi) is 5.81. The van der Waals surface area contributed by atoms with Crippen molar-refractivity contribution in [1.29, 1.82) is 0 Å². The molecule has 1 fully saturated rings. The maximum absolute atomic E-state index is 12.5. The summed E-state index contributed by atoms with van der Waals surface area (Å²) in [5, 5.41) is 8.47. The topological polar surface area (TPSA) is 72.4 Å². The van der Waals surface area contributed by atoms with Crippen molar-refractivity contribution in [2.24, 2.45) is 5.92 Å². The van der Waals surface area contributed by atoms with Crippen molar-refractivity contribution < 1.29 is 13.6 Å². The number of thioether (sulfide) groups is 1. The van der Waals surface area contributed by atoms with E-state index in [1.807, 2.05) is 17.9 Å². The third kappa shape index (κ3) is 4.47. The maximum atomic E-state index is 12.5. The molecule has 1 amide bonds. The summed E-state index contributed by atoms with van der Waals surface area (Å²) in [5.41, 5.74) is 2.16. The molecule has 0 saturated carbocycles. The highest BCUT2D eigenvalue weighted by Crippen LogP contribution is 2.27. The van der Waals surface area contributed by atoms with E-state index in [-0.39, 0.29) is 5.91 Å². The first-order valence-electron chi connectivity index (χ1n) is 9.51. The molecule has 1 saturated heterocycles. The summed E-state index contributed by atoms with van der Waals surface area (Å²) >= 11 is 1.29. The van der Waals surface area contributed by atoms with Crippen LogP contribution in [-0.2, 0) is 11.2 Å². The second-order valence-electron chi connectivity index (χ2n) is 7.07. The first kappa shape index (κ1) is 18.8. The Morgan fingerprint density at radius 3 is 2.68 bits per heavy atom. The summed E-state index contributed by atoms with van der Waals surface area (Å²) in [4.78, 5) is 14.5. The predicted octanol–water partition coefficient (Wildman–Crippen LogP) is 4.21. The number of carbonyl (C=O) groups excluding carboxylic acids is 1. The Hall–Kier alpha value is -2.54. The van der Waals surface area contributed by atoms with Crippen molar-refractivity contribution in [3.05, 3.63) is 54.0 Å². The predicted molar refractivity (Wildman–Crippen MR) is 107 cm³/mol. The van der Waals surface area contributed by atoms with Gasteiger partial charge in [0, 0.05) is 13.1 Å². The number of hydrogen-bond acceptors (Lipinski definition) is 6. The van der Waals surface area contributed by atoms with Gasteiger partial charge in [0.25, 0.3) is 11.1 Å². The van der Waals surface area contributed by atoms with Gasteiger partial charge in [-0.15, -0.1) is 10.2 Å². The molecule has 3 aromatic rings. The molecule has 3 heterocycles. The number of amides is 1. The van der Waals surface area contributed by atoms with Crippen molar-refractivity contribution >= 4 is 17.7 Å². The first-order chi connectivity index (χ1) is 13.7. The molecule has 7 heteroatoms. The molecule has 0 radical (unpaired) electrons. The fourth-order valence-electron chi connectivity index (χ4n) is 3.53. The molecule has 0 bridgehead atoms. The summed E-state index contributed by atoms with van der Waals surface area (Å²) in [5.74, 6) is 2.24. The highest BCUT2D eigenvalue weighted by atomic mass is 32.2. The van der Waals surface area contributed by atoms with E-state index in [9.17, 15) is 4.79 Å².